The molecule has 2 heteroatoms. The maximum Gasteiger partial charge on any atom is 0.106 e. The lowest BCUT2D eigenvalue weighted by molar-refractivity contribution is 0.220. The van der Waals surface area contributed by atoms with Gasteiger partial charge in [-0.25, -0.2) is 0 Å². The third-order valence-electron chi connectivity index (χ3n) is 3.01. The summed E-state index contributed by atoms with van der Waals surface area (Å²) in [4.78, 5) is 0. The minimum atomic E-state index is -0.670. The van der Waals surface area contributed by atoms with Gasteiger partial charge in [0.25, 0.3) is 0 Å². The van der Waals surface area contributed by atoms with Crippen molar-refractivity contribution in [3.05, 3.63) is 69.2 Å². The van der Waals surface area contributed by atoms with Gasteiger partial charge in [-0.15, -0.1) is 0 Å². The van der Waals surface area contributed by atoms with E-state index in [9.17, 15) is 5.11 Å². The van der Waals surface area contributed by atoms with Crippen LogP contribution in [0.25, 0.3) is 0 Å². The van der Waals surface area contributed by atoms with Crippen LogP contribution >= 0.6 is 11.6 Å². The lowest BCUT2D eigenvalue weighted by Crippen LogP contribution is -2.01. The summed E-state index contributed by atoms with van der Waals surface area (Å²) < 4.78 is 0. The SMILES string of the molecule is Cc1cc(C)cc(C(O)c2ccc(C)cc2Cl)c1. The van der Waals surface area contributed by atoms with Gasteiger partial charge in [-0.05, 0) is 38.0 Å². The van der Waals surface area contributed by atoms with Crippen molar-refractivity contribution < 1.29 is 5.11 Å². The van der Waals surface area contributed by atoms with Crippen LogP contribution in [-0.2, 0) is 0 Å². The molecule has 0 radical (unpaired) electrons. The number of hydrogen-bond donors (Lipinski definition) is 1. The van der Waals surface area contributed by atoms with Crippen molar-refractivity contribution in [2.45, 2.75) is 26.9 Å². The summed E-state index contributed by atoms with van der Waals surface area (Å²) >= 11 is 6.19. The highest BCUT2D eigenvalue weighted by atomic mass is 35.5. The second kappa shape index (κ2) is 5.13. The Balaban J connectivity index is 2.44. The molecular formula is C16H17ClO. The van der Waals surface area contributed by atoms with E-state index in [1.807, 2.05) is 51.1 Å². The minimum Gasteiger partial charge on any atom is -0.384 e. The van der Waals surface area contributed by atoms with Gasteiger partial charge in [-0.2, -0.15) is 0 Å². The molecule has 0 aromatic heterocycles. The molecule has 0 bridgehead atoms. The predicted octanol–water partition coefficient (Wildman–Crippen LogP) is 4.35. The van der Waals surface area contributed by atoms with Gasteiger partial charge in [0.05, 0.1) is 0 Å². The van der Waals surface area contributed by atoms with Crippen molar-refractivity contribution in [2.24, 2.45) is 0 Å². The van der Waals surface area contributed by atoms with Crippen LogP contribution in [-0.4, -0.2) is 5.11 Å². The maximum atomic E-state index is 10.4. The lowest BCUT2D eigenvalue weighted by Gasteiger charge is -2.15. The smallest absolute Gasteiger partial charge is 0.106 e. The minimum absolute atomic E-state index is 0.613. The van der Waals surface area contributed by atoms with Crippen LogP contribution in [0.15, 0.2) is 36.4 Å². The molecule has 0 spiro atoms. The summed E-state index contributed by atoms with van der Waals surface area (Å²) in [6.45, 7) is 6.04. The number of benzene rings is 2. The Bertz CT molecular complexity index is 555. The Kier molecular flexibility index (Phi) is 3.74. The first-order valence-corrected chi connectivity index (χ1v) is 6.37. The third kappa shape index (κ3) is 2.74. The number of hydrogen-bond acceptors (Lipinski definition) is 1. The van der Waals surface area contributed by atoms with E-state index in [0.717, 1.165) is 27.8 Å². The van der Waals surface area contributed by atoms with Crippen molar-refractivity contribution in [1.29, 1.82) is 0 Å². The first kappa shape index (κ1) is 13.1. The fraction of sp³-hybridized carbons (Fsp3) is 0.250. The van der Waals surface area contributed by atoms with Crippen LogP contribution in [0.5, 0.6) is 0 Å². The number of aryl methyl sites for hydroxylation is 3. The molecule has 0 aliphatic rings. The highest BCUT2D eigenvalue weighted by Gasteiger charge is 2.14. The van der Waals surface area contributed by atoms with Gasteiger partial charge < -0.3 is 5.11 Å². The molecule has 2 aromatic rings. The lowest BCUT2D eigenvalue weighted by atomic mass is 9.97. The Morgan fingerprint density at radius 3 is 2.06 bits per heavy atom. The number of aliphatic hydroxyl groups is 1. The number of halogens is 1. The van der Waals surface area contributed by atoms with Crippen molar-refractivity contribution >= 4 is 11.6 Å². The zero-order valence-corrected chi connectivity index (χ0v) is 11.6. The summed E-state index contributed by atoms with van der Waals surface area (Å²) in [7, 11) is 0. The van der Waals surface area contributed by atoms with Gasteiger partial charge in [-0.3, -0.25) is 0 Å². The van der Waals surface area contributed by atoms with Crippen LogP contribution in [0.3, 0.4) is 0 Å². The van der Waals surface area contributed by atoms with E-state index < -0.39 is 6.10 Å². The quantitative estimate of drug-likeness (QED) is 0.851. The molecule has 0 aliphatic heterocycles. The first-order chi connectivity index (χ1) is 8.47. The van der Waals surface area contributed by atoms with Crippen molar-refractivity contribution in [2.75, 3.05) is 0 Å². The van der Waals surface area contributed by atoms with E-state index in [2.05, 4.69) is 6.07 Å². The molecule has 18 heavy (non-hydrogen) atoms. The molecule has 2 aromatic carbocycles. The Morgan fingerprint density at radius 2 is 1.50 bits per heavy atom. The predicted molar refractivity (Wildman–Crippen MR) is 76.2 cm³/mol. The molecule has 2 rings (SSSR count). The highest BCUT2D eigenvalue weighted by Crippen LogP contribution is 2.29. The topological polar surface area (TPSA) is 20.2 Å². The van der Waals surface area contributed by atoms with Crippen LogP contribution < -0.4 is 0 Å². The Hall–Kier alpha value is -1.31. The van der Waals surface area contributed by atoms with E-state index in [4.69, 9.17) is 11.6 Å². The normalized spacial score (nSPS) is 12.5. The second-order valence-corrected chi connectivity index (χ2v) is 5.26. The van der Waals surface area contributed by atoms with E-state index in [1.54, 1.807) is 0 Å². The molecule has 1 nitrogen and oxygen atoms in total. The van der Waals surface area contributed by atoms with E-state index in [0.29, 0.717) is 5.02 Å². The van der Waals surface area contributed by atoms with Gasteiger partial charge in [0.1, 0.15) is 6.10 Å². The van der Waals surface area contributed by atoms with Gasteiger partial charge in [-0.1, -0.05) is 53.1 Å². The van der Waals surface area contributed by atoms with Crippen molar-refractivity contribution in [1.82, 2.24) is 0 Å². The van der Waals surface area contributed by atoms with Crippen LogP contribution in [0.4, 0.5) is 0 Å². The molecule has 0 saturated heterocycles. The van der Waals surface area contributed by atoms with Gasteiger partial charge in [0.2, 0.25) is 0 Å². The average Bonchev–Trinajstić information content (AvgIpc) is 2.26. The fourth-order valence-electron chi connectivity index (χ4n) is 2.20. The molecule has 1 atom stereocenters. The van der Waals surface area contributed by atoms with Gasteiger partial charge in [0.15, 0.2) is 0 Å². The summed E-state index contributed by atoms with van der Waals surface area (Å²) in [5.74, 6) is 0. The van der Waals surface area contributed by atoms with Gasteiger partial charge >= 0.3 is 0 Å². The molecule has 0 heterocycles. The summed E-state index contributed by atoms with van der Waals surface area (Å²) in [6.07, 6.45) is -0.670. The van der Waals surface area contributed by atoms with Crippen molar-refractivity contribution in [3.63, 3.8) is 0 Å². The highest BCUT2D eigenvalue weighted by molar-refractivity contribution is 6.31. The van der Waals surface area contributed by atoms with E-state index in [-0.39, 0.29) is 0 Å². The Morgan fingerprint density at radius 1 is 0.889 bits per heavy atom. The van der Waals surface area contributed by atoms with E-state index >= 15 is 0 Å². The van der Waals surface area contributed by atoms with Crippen LogP contribution in [0, 0.1) is 20.8 Å². The van der Waals surface area contributed by atoms with E-state index in [1.165, 1.54) is 0 Å². The first-order valence-electron chi connectivity index (χ1n) is 5.99. The Labute approximate surface area is 113 Å². The zero-order chi connectivity index (χ0) is 13.3. The molecule has 1 N–H and O–H groups in total. The van der Waals surface area contributed by atoms with Gasteiger partial charge in [0, 0.05) is 10.6 Å². The summed E-state index contributed by atoms with van der Waals surface area (Å²) in [5.41, 5.74) is 5.03. The molecule has 1 unspecified atom stereocenters. The molecule has 0 aliphatic carbocycles. The number of aliphatic hydroxyl groups excluding tert-OH is 1. The molecular weight excluding hydrogens is 244 g/mol. The van der Waals surface area contributed by atoms with Crippen LogP contribution in [0.2, 0.25) is 5.02 Å². The molecule has 0 saturated carbocycles. The van der Waals surface area contributed by atoms with Crippen LogP contribution in [0.1, 0.15) is 33.9 Å². The zero-order valence-electron chi connectivity index (χ0n) is 10.9. The number of rotatable bonds is 2. The molecule has 94 valence electrons. The largest absolute Gasteiger partial charge is 0.384 e. The van der Waals surface area contributed by atoms with Crippen molar-refractivity contribution in [3.8, 4) is 0 Å². The maximum absolute atomic E-state index is 10.4. The summed E-state index contributed by atoms with van der Waals surface area (Å²) in [6, 6.07) is 11.8. The summed E-state index contributed by atoms with van der Waals surface area (Å²) in [5, 5.41) is 11.0. The standard InChI is InChI=1S/C16H17ClO/c1-10-4-5-14(15(17)9-10)16(18)13-7-11(2)6-12(3)8-13/h4-9,16,18H,1-3H3. The fourth-order valence-corrected chi connectivity index (χ4v) is 2.54. The third-order valence-corrected chi connectivity index (χ3v) is 3.34. The molecule has 0 amide bonds. The average molecular weight is 261 g/mol. The monoisotopic (exact) mass is 260 g/mol. The second-order valence-electron chi connectivity index (χ2n) is 4.85. The molecule has 0 fully saturated rings.